The molecule has 0 saturated heterocycles. The monoisotopic (exact) mass is 391 g/mol. The highest BCUT2D eigenvalue weighted by Crippen LogP contribution is 2.10. The summed E-state index contributed by atoms with van der Waals surface area (Å²) in [4.78, 5) is 14.4. The molecule has 0 spiro atoms. The Balaban J connectivity index is 0. The minimum atomic E-state index is -0.164. The molecule has 25 heavy (non-hydrogen) atoms. The van der Waals surface area contributed by atoms with E-state index in [4.69, 9.17) is 5.73 Å². The number of halogens is 2. The molecule has 0 aliphatic heterocycles. The first kappa shape index (κ1) is 26.4. The molecule has 4 nitrogen and oxygen atoms in total. The second-order valence-corrected chi connectivity index (χ2v) is 6.41. The molecule has 0 fully saturated rings. The number of rotatable bonds is 10. The van der Waals surface area contributed by atoms with Crippen LogP contribution in [0.4, 0.5) is 0 Å². The smallest absolute Gasteiger partial charge is 0.224 e. The van der Waals surface area contributed by atoms with Gasteiger partial charge in [0.2, 0.25) is 5.91 Å². The molecule has 1 rings (SSSR count). The molecular weight excluding hydrogens is 357 g/mol. The number of carbonyl (C=O) groups excluding carboxylic acids is 1. The van der Waals surface area contributed by atoms with Crippen LogP contribution in [0.1, 0.15) is 51.7 Å². The standard InChI is InChI=1S/C19H33N3O.2ClH/c1-5-7-11-22(6-2)14-18-10-8-9-17(12-18)13-21-19(23)15(3)16(4)20;;/h8-10,12,15-16H,5-7,11,13-14,20H2,1-4H3,(H,21,23);2*1H. The van der Waals surface area contributed by atoms with Crippen molar-refractivity contribution in [3.63, 3.8) is 0 Å². The largest absolute Gasteiger partial charge is 0.352 e. The van der Waals surface area contributed by atoms with Crippen molar-refractivity contribution in [2.24, 2.45) is 11.7 Å². The van der Waals surface area contributed by atoms with Crippen molar-refractivity contribution in [2.75, 3.05) is 13.1 Å². The highest BCUT2D eigenvalue weighted by molar-refractivity contribution is 5.85. The number of nitrogens with two attached hydrogens (primary N) is 1. The average Bonchev–Trinajstić information content (AvgIpc) is 2.55. The molecule has 0 aromatic heterocycles. The van der Waals surface area contributed by atoms with Gasteiger partial charge in [-0.1, -0.05) is 51.5 Å². The topological polar surface area (TPSA) is 58.4 Å². The Kier molecular flexibility index (Phi) is 15.2. The van der Waals surface area contributed by atoms with E-state index in [2.05, 4.69) is 48.3 Å². The number of hydrogen-bond donors (Lipinski definition) is 2. The van der Waals surface area contributed by atoms with Crippen LogP contribution in [0.25, 0.3) is 0 Å². The van der Waals surface area contributed by atoms with Crippen molar-refractivity contribution in [2.45, 2.75) is 59.7 Å². The summed E-state index contributed by atoms with van der Waals surface area (Å²) in [7, 11) is 0. The molecule has 0 bridgehead atoms. The summed E-state index contributed by atoms with van der Waals surface area (Å²) in [6, 6.07) is 8.34. The minimum absolute atomic E-state index is 0. The Morgan fingerprint density at radius 2 is 1.84 bits per heavy atom. The maximum atomic E-state index is 12.0. The van der Waals surface area contributed by atoms with Gasteiger partial charge in [0.15, 0.2) is 0 Å². The molecule has 1 aromatic rings. The van der Waals surface area contributed by atoms with Gasteiger partial charge in [0, 0.05) is 25.0 Å². The van der Waals surface area contributed by atoms with Gasteiger partial charge in [-0.3, -0.25) is 9.69 Å². The Hall–Kier alpha value is -0.810. The van der Waals surface area contributed by atoms with Crippen molar-refractivity contribution in [3.05, 3.63) is 35.4 Å². The zero-order chi connectivity index (χ0) is 17.2. The Labute approximate surface area is 165 Å². The summed E-state index contributed by atoms with van der Waals surface area (Å²) >= 11 is 0. The van der Waals surface area contributed by atoms with E-state index in [0.29, 0.717) is 6.54 Å². The molecule has 6 heteroatoms. The third-order valence-corrected chi connectivity index (χ3v) is 4.34. The first-order valence-electron chi connectivity index (χ1n) is 8.81. The molecule has 2 atom stereocenters. The van der Waals surface area contributed by atoms with Crippen molar-refractivity contribution in [1.29, 1.82) is 0 Å². The summed E-state index contributed by atoms with van der Waals surface area (Å²) in [5, 5.41) is 2.98. The molecule has 0 radical (unpaired) electrons. The fourth-order valence-corrected chi connectivity index (χ4v) is 2.42. The summed E-state index contributed by atoms with van der Waals surface area (Å²) < 4.78 is 0. The first-order chi connectivity index (χ1) is 11.0. The summed E-state index contributed by atoms with van der Waals surface area (Å²) in [5.41, 5.74) is 8.21. The number of carbonyl (C=O) groups is 1. The molecule has 0 heterocycles. The van der Waals surface area contributed by atoms with E-state index < -0.39 is 0 Å². The highest BCUT2D eigenvalue weighted by atomic mass is 35.5. The van der Waals surface area contributed by atoms with Crippen molar-refractivity contribution >= 4 is 30.7 Å². The second-order valence-electron chi connectivity index (χ2n) is 6.41. The lowest BCUT2D eigenvalue weighted by Crippen LogP contribution is -2.38. The van der Waals surface area contributed by atoms with Gasteiger partial charge in [0.1, 0.15) is 0 Å². The van der Waals surface area contributed by atoms with Gasteiger partial charge in [-0.25, -0.2) is 0 Å². The normalized spacial score (nSPS) is 12.7. The van der Waals surface area contributed by atoms with Crippen LogP contribution in [0.3, 0.4) is 0 Å². The fraction of sp³-hybridized carbons (Fsp3) is 0.632. The molecule has 0 aliphatic carbocycles. The van der Waals surface area contributed by atoms with E-state index in [0.717, 1.165) is 25.2 Å². The van der Waals surface area contributed by atoms with Gasteiger partial charge in [-0.2, -0.15) is 0 Å². The van der Waals surface area contributed by atoms with Crippen LogP contribution in [0.15, 0.2) is 24.3 Å². The Bertz CT molecular complexity index is 483. The molecule has 2 unspecified atom stereocenters. The molecule has 1 aromatic carbocycles. The maximum absolute atomic E-state index is 12.0. The molecule has 146 valence electrons. The average molecular weight is 392 g/mol. The van der Waals surface area contributed by atoms with E-state index >= 15 is 0 Å². The van der Waals surface area contributed by atoms with Crippen molar-refractivity contribution in [1.82, 2.24) is 10.2 Å². The number of nitrogens with one attached hydrogen (secondary N) is 1. The Morgan fingerprint density at radius 1 is 1.20 bits per heavy atom. The van der Waals surface area contributed by atoms with Gasteiger partial charge in [0.05, 0.1) is 0 Å². The number of hydrogen-bond acceptors (Lipinski definition) is 3. The first-order valence-corrected chi connectivity index (χ1v) is 8.81. The molecule has 1 amide bonds. The van der Waals surface area contributed by atoms with Gasteiger partial charge < -0.3 is 11.1 Å². The van der Waals surface area contributed by atoms with E-state index in [1.807, 2.05) is 13.8 Å². The molecule has 0 saturated carbocycles. The van der Waals surface area contributed by atoms with Crippen molar-refractivity contribution in [3.8, 4) is 0 Å². The van der Waals surface area contributed by atoms with Gasteiger partial charge in [-0.15, -0.1) is 24.8 Å². The lowest BCUT2D eigenvalue weighted by atomic mass is 10.0. The minimum Gasteiger partial charge on any atom is -0.352 e. The van der Waals surface area contributed by atoms with Gasteiger partial charge in [-0.05, 0) is 37.6 Å². The van der Waals surface area contributed by atoms with Crippen LogP contribution in [0.2, 0.25) is 0 Å². The van der Waals surface area contributed by atoms with Crippen LogP contribution >= 0.6 is 24.8 Å². The van der Waals surface area contributed by atoms with Crippen LogP contribution < -0.4 is 11.1 Å². The van der Waals surface area contributed by atoms with Crippen LogP contribution in [0, 0.1) is 5.92 Å². The number of unbranched alkanes of at least 4 members (excludes halogenated alkanes) is 1. The summed E-state index contributed by atoms with van der Waals surface area (Å²) in [6.45, 7) is 11.9. The predicted octanol–water partition coefficient (Wildman–Crippen LogP) is 3.75. The third-order valence-electron chi connectivity index (χ3n) is 4.34. The lowest BCUT2D eigenvalue weighted by Gasteiger charge is -2.20. The fourth-order valence-electron chi connectivity index (χ4n) is 2.42. The van der Waals surface area contributed by atoms with Crippen LogP contribution in [0.5, 0.6) is 0 Å². The lowest BCUT2D eigenvalue weighted by molar-refractivity contribution is -0.125. The van der Waals surface area contributed by atoms with Gasteiger partial charge >= 0.3 is 0 Å². The van der Waals surface area contributed by atoms with Crippen LogP contribution in [-0.2, 0) is 17.9 Å². The zero-order valence-electron chi connectivity index (χ0n) is 16.0. The Morgan fingerprint density at radius 3 is 2.40 bits per heavy atom. The second kappa shape index (κ2) is 14.4. The van der Waals surface area contributed by atoms with E-state index in [-0.39, 0.29) is 42.7 Å². The molecule has 3 N–H and O–H groups in total. The summed E-state index contributed by atoms with van der Waals surface area (Å²) in [5.74, 6) is -0.147. The number of amides is 1. The highest BCUT2D eigenvalue weighted by Gasteiger charge is 2.16. The third kappa shape index (κ3) is 10.0. The maximum Gasteiger partial charge on any atom is 0.224 e. The molecular formula is C19H35Cl2N3O. The number of benzene rings is 1. The van der Waals surface area contributed by atoms with Crippen LogP contribution in [-0.4, -0.2) is 29.9 Å². The van der Waals surface area contributed by atoms with E-state index in [1.165, 1.54) is 18.4 Å². The quantitative estimate of drug-likeness (QED) is 0.638. The van der Waals surface area contributed by atoms with Crippen molar-refractivity contribution < 1.29 is 4.79 Å². The van der Waals surface area contributed by atoms with E-state index in [1.54, 1.807) is 0 Å². The summed E-state index contributed by atoms with van der Waals surface area (Å²) in [6.07, 6.45) is 2.46. The zero-order valence-corrected chi connectivity index (χ0v) is 17.6. The number of nitrogens with zero attached hydrogens (tertiary/aromatic N) is 1. The van der Waals surface area contributed by atoms with E-state index in [9.17, 15) is 4.79 Å². The molecule has 0 aliphatic rings. The SMILES string of the molecule is CCCCN(CC)Cc1cccc(CNC(=O)C(C)C(C)N)c1.Cl.Cl. The van der Waals surface area contributed by atoms with Gasteiger partial charge in [0.25, 0.3) is 0 Å². The predicted molar refractivity (Wildman–Crippen MR) is 111 cm³/mol.